The summed E-state index contributed by atoms with van der Waals surface area (Å²) in [4.78, 5) is 0. The van der Waals surface area contributed by atoms with E-state index in [1.165, 1.54) is 5.56 Å². The van der Waals surface area contributed by atoms with E-state index in [2.05, 4.69) is 18.7 Å². The van der Waals surface area contributed by atoms with Crippen molar-refractivity contribution in [2.24, 2.45) is 0 Å². The van der Waals surface area contributed by atoms with E-state index in [4.69, 9.17) is 9.47 Å². The molecule has 0 aliphatic rings. The van der Waals surface area contributed by atoms with Crippen LogP contribution in [0.2, 0.25) is 0 Å². The maximum atomic E-state index is 5.95. The summed E-state index contributed by atoms with van der Waals surface area (Å²) >= 11 is 0. The van der Waals surface area contributed by atoms with Gasteiger partial charge in [-0.3, -0.25) is 0 Å². The highest BCUT2D eigenvalue weighted by molar-refractivity contribution is 5.55. The Kier molecular flexibility index (Phi) is 5.59. The van der Waals surface area contributed by atoms with Crippen molar-refractivity contribution in [2.45, 2.75) is 26.6 Å². The van der Waals surface area contributed by atoms with E-state index in [1.54, 1.807) is 0 Å². The molecule has 1 unspecified atom stereocenters. The average molecular weight is 282 g/mol. The summed E-state index contributed by atoms with van der Waals surface area (Å²) in [6, 6.07) is 16.2. The minimum Gasteiger partial charge on any atom is -0.488 e. The fourth-order valence-electron chi connectivity index (χ4n) is 2.15. The molecular formula is C19H22O2. The normalized spacial score (nSPS) is 11.9. The van der Waals surface area contributed by atoms with Crippen LogP contribution in [0, 0.1) is 6.92 Å². The lowest BCUT2D eigenvalue weighted by Gasteiger charge is -2.17. The van der Waals surface area contributed by atoms with Crippen molar-refractivity contribution < 1.29 is 9.47 Å². The molecule has 0 bridgehead atoms. The zero-order valence-corrected chi connectivity index (χ0v) is 12.7. The lowest BCUT2D eigenvalue weighted by atomic mass is 10.1. The highest BCUT2D eigenvalue weighted by Crippen LogP contribution is 2.23. The summed E-state index contributed by atoms with van der Waals surface area (Å²) in [6.07, 6.45) is 1.85. The SMILES string of the molecule is C=Cc1cccc(OC(C)COCc2ccccc2)c1C. The van der Waals surface area contributed by atoms with E-state index in [-0.39, 0.29) is 6.10 Å². The maximum Gasteiger partial charge on any atom is 0.123 e. The van der Waals surface area contributed by atoms with E-state index >= 15 is 0 Å². The highest BCUT2D eigenvalue weighted by atomic mass is 16.5. The Morgan fingerprint density at radius 2 is 1.86 bits per heavy atom. The molecule has 0 fully saturated rings. The van der Waals surface area contributed by atoms with Crippen molar-refractivity contribution >= 4 is 6.08 Å². The van der Waals surface area contributed by atoms with Gasteiger partial charge in [-0.2, -0.15) is 0 Å². The van der Waals surface area contributed by atoms with E-state index in [1.807, 2.05) is 56.3 Å². The molecular weight excluding hydrogens is 260 g/mol. The van der Waals surface area contributed by atoms with Crippen molar-refractivity contribution in [3.05, 3.63) is 71.8 Å². The predicted molar refractivity (Wildman–Crippen MR) is 87.5 cm³/mol. The fraction of sp³-hybridized carbons (Fsp3) is 0.263. The second-order valence-corrected chi connectivity index (χ2v) is 5.10. The van der Waals surface area contributed by atoms with Crippen LogP contribution in [-0.4, -0.2) is 12.7 Å². The number of hydrogen-bond donors (Lipinski definition) is 0. The second kappa shape index (κ2) is 7.65. The van der Waals surface area contributed by atoms with Gasteiger partial charge in [-0.05, 0) is 36.6 Å². The Balaban J connectivity index is 1.84. The van der Waals surface area contributed by atoms with Crippen LogP contribution in [0.5, 0.6) is 5.75 Å². The van der Waals surface area contributed by atoms with Crippen LogP contribution in [0.3, 0.4) is 0 Å². The molecule has 0 N–H and O–H groups in total. The summed E-state index contributed by atoms with van der Waals surface area (Å²) in [5, 5.41) is 0. The van der Waals surface area contributed by atoms with Gasteiger partial charge >= 0.3 is 0 Å². The molecule has 2 heteroatoms. The Bertz CT molecular complexity index is 575. The molecule has 0 saturated carbocycles. The van der Waals surface area contributed by atoms with E-state index in [0.29, 0.717) is 13.2 Å². The topological polar surface area (TPSA) is 18.5 Å². The number of ether oxygens (including phenoxy) is 2. The minimum atomic E-state index is 0.00692. The van der Waals surface area contributed by atoms with Crippen LogP contribution in [-0.2, 0) is 11.3 Å². The van der Waals surface area contributed by atoms with E-state index in [9.17, 15) is 0 Å². The molecule has 0 spiro atoms. The monoisotopic (exact) mass is 282 g/mol. The minimum absolute atomic E-state index is 0.00692. The molecule has 0 radical (unpaired) electrons. The molecule has 0 aliphatic carbocycles. The zero-order chi connectivity index (χ0) is 15.1. The summed E-state index contributed by atoms with van der Waals surface area (Å²) in [6.45, 7) is 9.05. The summed E-state index contributed by atoms with van der Waals surface area (Å²) in [5.41, 5.74) is 3.39. The molecule has 0 saturated heterocycles. The lowest BCUT2D eigenvalue weighted by molar-refractivity contribution is 0.0490. The lowest BCUT2D eigenvalue weighted by Crippen LogP contribution is -2.19. The number of hydrogen-bond acceptors (Lipinski definition) is 2. The molecule has 2 nitrogen and oxygen atoms in total. The molecule has 2 aromatic carbocycles. The van der Waals surface area contributed by atoms with Gasteiger partial charge in [-0.1, -0.05) is 55.1 Å². The van der Waals surface area contributed by atoms with Gasteiger partial charge in [0.1, 0.15) is 11.9 Å². The first-order chi connectivity index (χ1) is 10.2. The number of rotatable bonds is 7. The molecule has 0 aliphatic heterocycles. The van der Waals surface area contributed by atoms with Crippen LogP contribution < -0.4 is 4.74 Å². The van der Waals surface area contributed by atoms with Crippen molar-refractivity contribution in [1.82, 2.24) is 0 Å². The largest absolute Gasteiger partial charge is 0.488 e. The molecule has 21 heavy (non-hydrogen) atoms. The standard InChI is InChI=1S/C19H22O2/c1-4-18-11-8-12-19(16(18)3)21-15(2)13-20-14-17-9-6-5-7-10-17/h4-12,15H,1,13-14H2,2-3H3. The average Bonchev–Trinajstić information content (AvgIpc) is 2.50. The van der Waals surface area contributed by atoms with E-state index in [0.717, 1.165) is 16.9 Å². The van der Waals surface area contributed by atoms with Crippen molar-refractivity contribution in [3.8, 4) is 5.75 Å². The van der Waals surface area contributed by atoms with Crippen molar-refractivity contribution in [3.63, 3.8) is 0 Å². The molecule has 2 aromatic rings. The summed E-state index contributed by atoms with van der Waals surface area (Å²) < 4.78 is 11.7. The van der Waals surface area contributed by atoms with Crippen LogP contribution in [0.25, 0.3) is 6.08 Å². The van der Waals surface area contributed by atoms with E-state index < -0.39 is 0 Å². The Morgan fingerprint density at radius 3 is 2.57 bits per heavy atom. The molecule has 0 aromatic heterocycles. The molecule has 2 rings (SSSR count). The van der Waals surface area contributed by atoms with Crippen LogP contribution in [0.4, 0.5) is 0 Å². The van der Waals surface area contributed by atoms with Crippen molar-refractivity contribution in [1.29, 1.82) is 0 Å². The molecule has 0 heterocycles. The van der Waals surface area contributed by atoms with Gasteiger partial charge in [-0.15, -0.1) is 0 Å². The van der Waals surface area contributed by atoms with Gasteiger partial charge in [0.15, 0.2) is 0 Å². The van der Waals surface area contributed by atoms with Gasteiger partial charge < -0.3 is 9.47 Å². The fourth-order valence-corrected chi connectivity index (χ4v) is 2.15. The van der Waals surface area contributed by atoms with Crippen molar-refractivity contribution in [2.75, 3.05) is 6.61 Å². The second-order valence-electron chi connectivity index (χ2n) is 5.10. The first kappa shape index (κ1) is 15.3. The van der Waals surface area contributed by atoms with Crippen LogP contribution >= 0.6 is 0 Å². The third-order valence-corrected chi connectivity index (χ3v) is 3.34. The number of benzene rings is 2. The van der Waals surface area contributed by atoms with Gasteiger partial charge in [0.2, 0.25) is 0 Å². The van der Waals surface area contributed by atoms with Gasteiger partial charge in [-0.25, -0.2) is 0 Å². The quantitative estimate of drug-likeness (QED) is 0.737. The van der Waals surface area contributed by atoms with Crippen LogP contribution in [0.1, 0.15) is 23.6 Å². The Hall–Kier alpha value is -2.06. The van der Waals surface area contributed by atoms with Crippen LogP contribution in [0.15, 0.2) is 55.1 Å². The summed E-state index contributed by atoms with van der Waals surface area (Å²) in [5.74, 6) is 0.892. The zero-order valence-electron chi connectivity index (χ0n) is 12.7. The maximum absolute atomic E-state index is 5.95. The summed E-state index contributed by atoms with van der Waals surface area (Å²) in [7, 11) is 0. The molecule has 1 atom stereocenters. The first-order valence-corrected chi connectivity index (χ1v) is 7.21. The smallest absolute Gasteiger partial charge is 0.123 e. The van der Waals surface area contributed by atoms with Gasteiger partial charge in [0.25, 0.3) is 0 Å². The first-order valence-electron chi connectivity index (χ1n) is 7.21. The Morgan fingerprint density at radius 1 is 1.10 bits per heavy atom. The third kappa shape index (κ3) is 4.47. The highest BCUT2D eigenvalue weighted by Gasteiger charge is 2.08. The van der Waals surface area contributed by atoms with Gasteiger partial charge in [0.05, 0.1) is 13.2 Å². The Labute approximate surface area is 127 Å². The molecule has 110 valence electrons. The predicted octanol–water partition coefficient (Wildman–Crippen LogP) is 4.62. The van der Waals surface area contributed by atoms with Gasteiger partial charge in [0, 0.05) is 0 Å². The molecule has 0 amide bonds. The third-order valence-electron chi connectivity index (χ3n) is 3.34.